The van der Waals surface area contributed by atoms with E-state index >= 15 is 0 Å². The van der Waals surface area contributed by atoms with E-state index in [1.54, 1.807) is 18.2 Å². The van der Waals surface area contributed by atoms with Gasteiger partial charge in [0, 0.05) is 17.1 Å². The lowest BCUT2D eigenvalue weighted by Gasteiger charge is -2.34. The van der Waals surface area contributed by atoms with Gasteiger partial charge >= 0.3 is 0 Å². The van der Waals surface area contributed by atoms with Gasteiger partial charge in [-0.05, 0) is 81.6 Å². The van der Waals surface area contributed by atoms with Crippen molar-refractivity contribution in [2.75, 3.05) is 10.8 Å². The minimum absolute atomic E-state index is 0.00772. The number of nitrogens with zero attached hydrogens (tertiary/aromatic N) is 2. The van der Waals surface area contributed by atoms with Crippen LogP contribution in [0.3, 0.4) is 0 Å². The number of anilines is 1. The lowest BCUT2D eigenvalue weighted by molar-refractivity contribution is -0.141. The zero-order valence-corrected chi connectivity index (χ0v) is 24.6. The zero-order valence-electron chi connectivity index (χ0n) is 23.0. The lowest BCUT2D eigenvalue weighted by atomic mass is 10.1. The molecule has 3 rings (SSSR count). The Morgan fingerprint density at radius 2 is 1.59 bits per heavy atom. The van der Waals surface area contributed by atoms with E-state index in [0.29, 0.717) is 17.1 Å². The highest BCUT2D eigenvalue weighted by Crippen LogP contribution is 2.26. The molecule has 0 heterocycles. The molecule has 39 heavy (non-hydrogen) atoms. The summed E-state index contributed by atoms with van der Waals surface area (Å²) in [6, 6.07) is 21.3. The summed E-state index contributed by atoms with van der Waals surface area (Å²) in [5, 5.41) is 3.37. The summed E-state index contributed by atoms with van der Waals surface area (Å²) in [4.78, 5) is 28.8. The molecule has 0 aliphatic rings. The van der Waals surface area contributed by atoms with Crippen molar-refractivity contribution in [2.45, 2.75) is 64.1 Å². The number of rotatable bonds is 10. The van der Waals surface area contributed by atoms with Crippen LogP contribution in [0.25, 0.3) is 0 Å². The number of sulfonamides is 1. The van der Waals surface area contributed by atoms with Crippen LogP contribution in [0.5, 0.6) is 0 Å². The monoisotopic (exact) mass is 569 g/mol. The van der Waals surface area contributed by atoms with Crippen LogP contribution in [-0.4, -0.2) is 43.3 Å². The van der Waals surface area contributed by atoms with Crippen LogP contribution in [0, 0.1) is 6.92 Å². The minimum atomic E-state index is -4.14. The van der Waals surface area contributed by atoms with Crippen molar-refractivity contribution in [2.24, 2.45) is 0 Å². The number of nitrogens with one attached hydrogen (secondary N) is 1. The normalized spacial score (nSPS) is 12.5. The third-order valence-electron chi connectivity index (χ3n) is 6.05. The highest BCUT2D eigenvalue weighted by molar-refractivity contribution is 7.92. The lowest BCUT2D eigenvalue weighted by Crippen LogP contribution is -2.55. The maximum absolute atomic E-state index is 14.0. The van der Waals surface area contributed by atoms with Crippen LogP contribution in [0.15, 0.2) is 83.8 Å². The van der Waals surface area contributed by atoms with Crippen molar-refractivity contribution in [3.63, 3.8) is 0 Å². The van der Waals surface area contributed by atoms with Crippen molar-refractivity contribution in [3.05, 3.63) is 95.0 Å². The van der Waals surface area contributed by atoms with E-state index in [4.69, 9.17) is 11.6 Å². The third kappa shape index (κ3) is 8.07. The number of carbonyl (C=O) groups excluding carboxylic acids is 2. The molecule has 0 aliphatic carbocycles. The quantitative estimate of drug-likeness (QED) is 0.346. The number of hydrogen-bond donors (Lipinski definition) is 1. The van der Waals surface area contributed by atoms with Crippen LogP contribution in [0.2, 0.25) is 5.02 Å². The van der Waals surface area contributed by atoms with E-state index in [1.807, 2.05) is 71.0 Å². The first kappa shape index (κ1) is 30.2. The topological polar surface area (TPSA) is 86.8 Å². The maximum Gasteiger partial charge on any atom is 0.264 e. The van der Waals surface area contributed by atoms with Gasteiger partial charge < -0.3 is 10.2 Å². The molecular formula is C30H36ClN3O4S. The molecule has 0 fully saturated rings. The Balaban J connectivity index is 2.06. The van der Waals surface area contributed by atoms with Gasteiger partial charge in [0.15, 0.2) is 0 Å². The van der Waals surface area contributed by atoms with Crippen molar-refractivity contribution >= 4 is 39.1 Å². The Bertz CT molecular complexity index is 1390. The Labute approximate surface area is 236 Å². The average Bonchev–Trinajstić information content (AvgIpc) is 2.86. The van der Waals surface area contributed by atoms with Crippen LogP contribution in [-0.2, 0) is 26.2 Å². The minimum Gasteiger partial charge on any atom is -0.350 e. The second kappa shape index (κ2) is 12.7. The first-order valence-electron chi connectivity index (χ1n) is 12.8. The van der Waals surface area contributed by atoms with Crippen molar-refractivity contribution in [3.8, 4) is 0 Å². The molecule has 0 aliphatic heterocycles. The molecule has 208 valence electrons. The Hall–Kier alpha value is -3.36. The smallest absolute Gasteiger partial charge is 0.264 e. The molecular weight excluding hydrogens is 534 g/mol. The first-order valence-corrected chi connectivity index (χ1v) is 14.6. The van der Waals surface area contributed by atoms with Crippen molar-refractivity contribution < 1.29 is 18.0 Å². The van der Waals surface area contributed by atoms with E-state index in [9.17, 15) is 18.0 Å². The van der Waals surface area contributed by atoms with Gasteiger partial charge in [0.05, 0.1) is 10.6 Å². The second-order valence-corrected chi connectivity index (χ2v) is 12.8. The fourth-order valence-electron chi connectivity index (χ4n) is 4.20. The van der Waals surface area contributed by atoms with E-state index in [2.05, 4.69) is 5.32 Å². The third-order valence-corrected chi connectivity index (χ3v) is 8.09. The number of amides is 2. The molecule has 1 atom stereocenters. The Morgan fingerprint density at radius 1 is 0.949 bits per heavy atom. The van der Waals surface area contributed by atoms with Gasteiger partial charge in [-0.1, -0.05) is 61.0 Å². The average molecular weight is 570 g/mol. The summed E-state index contributed by atoms with van der Waals surface area (Å²) in [5.74, 6) is -0.786. The molecule has 3 aromatic rings. The largest absolute Gasteiger partial charge is 0.350 e. The molecule has 0 saturated heterocycles. The molecule has 0 bridgehead atoms. The molecule has 0 saturated carbocycles. The van der Waals surface area contributed by atoms with Crippen LogP contribution in [0.1, 0.15) is 45.2 Å². The van der Waals surface area contributed by atoms with Gasteiger partial charge in [0.2, 0.25) is 11.8 Å². The van der Waals surface area contributed by atoms with Crippen molar-refractivity contribution in [1.29, 1.82) is 0 Å². The number of aryl methyl sites for hydroxylation is 1. The molecule has 0 radical (unpaired) electrons. The Morgan fingerprint density at radius 3 is 2.15 bits per heavy atom. The predicted octanol–water partition coefficient (Wildman–Crippen LogP) is 5.57. The molecule has 0 unspecified atom stereocenters. The molecule has 0 spiro atoms. The number of carbonyl (C=O) groups is 2. The van der Waals surface area contributed by atoms with Gasteiger partial charge in [-0.2, -0.15) is 0 Å². The summed E-state index contributed by atoms with van der Waals surface area (Å²) in [6.45, 7) is 8.97. The first-order chi connectivity index (χ1) is 18.3. The molecule has 1 N–H and O–H groups in total. The maximum atomic E-state index is 14.0. The highest BCUT2D eigenvalue weighted by Gasteiger charge is 2.34. The summed E-state index contributed by atoms with van der Waals surface area (Å²) in [6.07, 6.45) is 0.356. The number of halogens is 1. The van der Waals surface area contributed by atoms with E-state index in [1.165, 1.54) is 29.2 Å². The molecule has 7 nitrogen and oxygen atoms in total. The Kier molecular flexibility index (Phi) is 9.80. The van der Waals surface area contributed by atoms with Gasteiger partial charge in [-0.25, -0.2) is 8.42 Å². The highest BCUT2D eigenvalue weighted by atomic mass is 35.5. The predicted molar refractivity (Wildman–Crippen MR) is 156 cm³/mol. The summed E-state index contributed by atoms with van der Waals surface area (Å²) in [7, 11) is -4.14. The molecule has 3 aromatic carbocycles. The molecule has 0 aromatic heterocycles. The van der Waals surface area contributed by atoms with Gasteiger partial charge in [0.25, 0.3) is 10.0 Å². The summed E-state index contributed by atoms with van der Waals surface area (Å²) in [5.41, 5.74) is 1.52. The second-order valence-electron chi connectivity index (χ2n) is 10.5. The van der Waals surface area contributed by atoms with E-state index in [-0.39, 0.29) is 17.3 Å². The summed E-state index contributed by atoms with van der Waals surface area (Å²) >= 11 is 6.00. The SMILES string of the molecule is CC[C@H](C(=O)NC(C)(C)C)N(Cc1ccccc1)C(=O)CN(c1cccc(C)c1)S(=O)(=O)c1ccc(Cl)cc1. The fourth-order valence-corrected chi connectivity index (χ4v) is 5.73. The zero-order chi connectivity index (χ0) is 28.8. The summed E-state index contributed by atoms with van der Waals surface area (Å²) < 4.78 is 28.8. The van der Waals surface area contributed by atoms with Crippen LogP contribution < -0.4 is 9.62 Å². The van der Waals surface area contributed by atoms with Gasteiger partial charge in [0.1, 0.15) is 12.6 Å². The van der Waals surface area contributed by atoms with Gasteiger partial charge in [-0.3, -0.25) is 13.9 Å². The van der Waals surface area contributed by atoms with Gasteiger partial charge in [-0.15, -0.1) is 0 Å². The van der Waals surface area contributed by atoms with E-state index < -0.39 is 34.1 Å². The van der Waals surface area contributed by atoms with E-state index in [0.717, 1.165) is 15.4 Å². The standard InChI is InChI=1S/C30H36ClN3O4S/c1-6-27(29(36)32-30(3,4)5)33(20-23-12-8-7-9-13-23)28(35)21-34(25-14-10-11-22(2)19-25)39(37,38)26-17-15-24(31)16-18-26/h7-19,27H,6,20-21H2,1-5H3,(H,32,36)/t27-/m1/s1. The van der Waals surface area contributed by atoms with Crippen LogP contribution in [0.4, 0.5) is 5.69 Å². The molecule has 2 amide bonds. The molecule has 9 heteroatoms. The number of hydrogen-bond acceptors (Lipinski definition) is 4. The number of benzene rings is 3. The van der Waals surface area contributed by atoms with Crippen molar-refractivity contribution in [1.82, 2.24) is 10.2 Å². The van der Waals surface area contributed by atoms with Crippen LogP contribution >= 0.6 is 11.6 Å². The fraction of sp³-hybridized carbons (Fsp3) is 0.333.